The second-order valence-corrected chi connectivity index (χ2v) is 6.05. The summed E-state index contributed by atoms with van der Waals surface area (Å²) in [5, 5.41) is 11.6. The van der Waals surface area contributed by atoms with E-state index in [2.05, 4.69) is 11.4 Å². The summed E-state index contributed by atoms with van der Waals surface area (Å²) in [5.74, 6) is -0.282. The van der Waals surface area contributed by atoms with E-state index < -0.39 is 10.8 Å². The normalized spacial score (nSPS) is 26.6. The number of amides is 1. The fraction of sp³-hybridized carbons (Fsp3) is 0.833. The van der Waals surface area contributed by atoms with Gasteiger partial charge < -0.3 is 5.32 Å². The standard InChI is InChI=1S/C12H20N2O2S/c1-2-14-12(15)9-17(16)11-7-5-3-4-6-10(11)8-13/h10-11H,2-7,9H2,1H3,(H,14,15). The van der Waals surface area contributed by atoms with Crippen LogP contribution in [0.1, 0.15) is 39.0 Å². The summed E-state index contributed by atoms with van der Waals surface area (Å²) < 4.78 is 12.1. The highest BCUT2D eigenvalue weighted by atomic mass is 32.2. The third-order valence-electron chi connectivity index (χ3n) is 3.10. The average Bonchev–Trinajstić information content (AvgIpc) is 2.53. The van der Waals surface area contributed by atoms with Gasteiger partial charge in [-0.05, 0) is 19.8 Å². The minimum Gasteiger partial charge on any atom is -0.356 e. The zero-order valence-electron chi connectivity index (χ0n) is 10.3. The van der Waals surface area contributed by atoms with Crippen molar-refractivity contribution in [2.45, 2.75) is 44.3 Å². The summed E-state index contributed by atoms with van der Waals surface area (Å²) in [6.07, 6.45) is 4.79. The van der Waals surface area contributed by atoms with E-state index in [-0.39, 0.29) is 22.8 Å². The average molecular weight is 256 g/mol. The number of nitriles is 1. The molecule has 1 amide bonds. The molecule has 1 aliphatic carbocycles. The molecule has 1 aliphatic rings. The summed E-state index contributed by atoms with van der Waals surface area (Å²) in [6.45, 7) is 2.40. The van der Waals surface area contributed by atoms with Crippen molar-refractivity contribution in [2.75, 3.05) is 12.3 Å². The first-order chi connectivity index (χ1) is 8.19. The third-order valence-corrected chi connectivity index (χ3v) is 4.89. The van der Waals surface area contributed by atoms with Crippen molar-refractivity contribution in [1.82, 2.24) is 5.32 Å². The first kappa shape index (κ1) is 14.2. The van der Waals surface area contributed by atoms with Crippen LogP contribution in [0.3, 0.4) is 0 Å². The van der Waals surface area contributed by atoms with Gasteiger partial charge in [-0.2, -0.15) is 5.26 Å². The lowest BCUT2D eigenvalue weighted by Crippen LogP contribution is -2.33. The molecular formula is C12H20N2O2S. The van der Waals surface area contributed by atoms with Crippen LogP contribution in [-0.4, -0.2) is 27.7 Å². The zero-order valence-corrected chi connectivity index (χ0v) is 11.1. The Morgan fingerprint density at radius 1 is 1.41 bits per heavy atom. The molecule has 5 heteroatoms. The van der Waals surface area contributed by atoms with Gasteiger partial charge in [-0.3, -0.25) is 9.00 Å². The lowest BCUT2D eigenvalue weighted by molar-refractivity contribution is -0.118. The number of hydrogen-bond donors (Lipinski definition) is 1. The van der Waals surface area contributed by atoms with Crippen LogP contribution in [0.15, 0.2) is 0 Å². The molecule has 0 radical (unpaired) electrons. The van der Waals surface area contributed by atoms with Gasteiger partial charge in [0, 0.05) is 17.3 Å². The van der Waals surface area contributed by atoms with Crippen LogP contribution in [-0.2, 0) is 15.6 Å². The quantitative estimate of drug-likeness (QED) is 0.772. The molecule has 1 N–H and O–H groups in total. The van der Waals surface area contributed by atoms with Crippen LogP contribution >= 0.6 is 0 Å². The molecule has 0 spiro atoms. The summed E-state index contributed by atoms with van der Waals surface area (Å²) in [7, 11) is -1.21. The van der Waals surface area contributed by atoms with Gasteiger partial charge >= 0.3 is 0 Å². The Bertz CT molecular complexity index is 325. The molecule has 96 valence electrons. The molecule has 1 fully saturated rings. The van der Waals surface area contributed by atoms with Gasteiger partial charge in [-0.15, -0.1) is 0 Å². The number of hydrogen-bond acceptors (Lipinski definition) is 3. The number of nitrogens with zero attached hydrogens (tertiary/aromatic N) is 1. The summed E-state index contributed by atoms with van der Waals surface area (Å²) in [5.41, 5.74) is 0. The number of rotatable bonds is 4. The maximum absolute atomic E-state index is 12.1. The Kier molecular flexibility index (Phi) is 6.20. The van der Waals surface area contributed by atoms with Crippen molar-refractivity contribution in [3.8, 4) is 6.07 Å². The van der Waals surface area contributed by atoms with Crippen molar-refractivity contribution >= 4 is 16.7 Å². The van der Waals surface area contributed by atoms with E-state index in [1.54, 1.807) is 0 Å². The van der Waals surface area contributed by atoms with Crippen molar-refractivity contribution in [1.29, 1.82) is 5.26 Å². The van der Waals surface area contributed by atoms with Crippen molar-refractivity contribution in [3.05, 3.63) is 0 Å². The minimum absolute atomic E-state index is 0.0384. The lowest BCUT2D eigenvalue weighted by Gasteiger charge is -2.18. The minimum atomic E-state index is -1.21. The Morgan fingerprint density at radius 2 is 2.12 bits per heavy atom. The van der Waals surface area contributed by atoms with Crippen LogP contribution in [0.2, 0.25) is 0 Å². The predicted octanol–water partition coefficient (Wildman–Crippen LogP) is 1.34. The Morgan fingerprint density at radius 3 is 2.76 bits per heavy atom. The highest BCUT2D eigenvalue weighted by Crippen LogP contribution is 2.26. The van der Waals surface area contributed by atoms with Gasteiger partial charge in [0.05, 0.1) is 17.2 Å². The molecule has 0 aromatic carbocycles. The molecule has 0 aromatic heterocycles. The van der Waals surface area contributed by atoms with Crippen LogP contribution < -0.4 is 5.32 Å². The summed E-state index contributed by atoms with van der Waals surface area (Å²) >= 11 is 0. The predicted molar refractivity (Wildman–Crippen MR) is 67.7 cm³/mol. The molecule has 0 aromatic rings. The zero-order chi connectivity index (χ0) is 12.7. The smallest absolute Gasteiger partial charge is 0.232 e. The third kappa shape index (κ3) is 4.47. The summed E-state index contributed by atoms with van der Waals surface area (Å²) in [4.78, 5) is 11.4. The number of nitrogens with one attached hydrogen (secondary N) is 1. The molecule has 17 heavy (non-hydrogen) atoms. The molecule has 0 saturated heterocycles. The van der Waals surface area contributed by atoms with Crippen molar-refractivity contribution < 1.29 is 9.00 Å². The second-order valence-electron chi connectivity index (χ2n) is 4.39. The molecule has 3 unspecified atom stereocenters. The van der Waals surface area contributed by atoms with Gasteiger partial charge in [-0.1, -0.05) is 19.3 Å². The van der Waals surface area contributed by atoms with Crippen LogP contribution in [0.4, 0.5) is 0 Å². The largest absolute Gasteiger partial charge is 0.356 e. The maximum Gasteiger partial charge on any atom is 0.232 e. The Balaban J connectivity index is 2.58. The first-order valence-electron chi connectivity index (χ1n) is 6.22. The topological polar surface area (TPSA) is 70.0 Å². The number of carbonyl (C=O) groups is 1. The van der Waals surface area contributed by atoms with Gasteiger partial charge in [-0.25, -0.2) is 0 Å². The molecule has 0 bridgehead atoms. The van der Waals surface area contributed by atoms with E-state index in [9.17, 15) is 9.00 Å². The second kappa shape index (κ2) is 7.44. The van der Waals surface area contributed by atoms with E-state index in [0.29, 0.717) is 6.54 Å². The van der Waals surface area contributed by atoms with Crippen molar-refractivity contribution in [2.24, 2.45) is 5.92 Å². The van der Waals surface area contributed by atoms with E-state index >= 15 is 0 Å². The van der Waals surface area contributed by atoms with E-state index in [0.717, 1.165) is 32.1 Å². The molecule has 1 rings (SSSR count). The maximum atomic E-state index is 12.1. The van der Waals surface area contributed by atoms with Crippen LogP contribution in [0, 0.1) is 17.2 Å². The highest BCUT2D eigenvalue weighted by Gasteiger charge is 2.29. The molecule has 4 nitrogen and oxygen atoms in total. The van der Waals surface area contributed by atoms with Gasteiger partial charge in [0.2, 0.25) is 5.91 Å². The van der Waals surface area contributed by atoms with Gasteiger partial charge in [0.25, 0.3) is 0 Å². The molecule has 1 saturated carbocycles. The van der Waals surface area contributed by atoms with Gasteiger partial charge in [0.15, 0.2) is 0 Å². The van der Waals surface area contributed by atoms with Crippen LogP contribution in [0.25, 0.3) is 0 Å². The van der Waals surface area contributed by atoms with E-state index in [1.165, 1.54) is 0 Å². The monoisotopic (exact) mass is 256 g/mol. The van der Waals surface area contributed by atoms with Crippen molar-refractivity contribution in [3.63, 3.8) is 0 Å². The SMILES string of the molecule is CCNC(=O)CS(=O)C1CCCCCC1C#N. The molecule has 3 atom stereocenters. The molecular weight excluding hydrogens is 236 g/mol. The molecule has 0 heterocycles. The Hall–Kier alpha value is -0.890. The van der Waals surface area contributed by atoms with E-state index in [1.807, 2.05) is 6.92 Å². The summed E-state index contributed by atoms with van der Waals surface area (Å²) in [6, 6.07) is 2.26. The van der Waals surface area contributed by atoms with E-state index in [4.69, 9.17) is 5.26 Å². The lowest BCUT2D eigenvalue weighted by atomic mass is 10.0. The van der Waals surface area contributed by atoms with Gasteiger partial charge in [0.1, 0.15) is 5.75 Å². The fourth-order valence-corrected chi connectivity index (χ4v) is 3.79. The fourth-order valence-electron chi connectivity index (χ4n) is 2.22. The molecule has 0 aliphatic heterocycles. The number of carbonyl (C=O) groups excluding carboxylic acids is 1. The highest BCUT2D eigenvalue weighted by molar-refractivity contribution is 7.86. The first-order valence-corrected chi connectivity index (χ1v) is 7.60. The van der Waals surface area contributed by atoms with Crippen LogP contribution in [0.5, 0.6) is 0 Å². The Labute approximate surface area is 105 Å².